The van der Waals surface area contributed by atoms with E-state index in [1.807, 2.05) is 30.4 Å². The molecule has 6 aromatic rings. The number of primary amides is 2. The number of nitrogens with one attached hydrogen (secondary N) is 11. The van der Waals surface area contributed by atoms with Gasteiger partial charge in [0.15, 0.2) is 0 Å². The van der Waals surface area contributed by atoms with Crippen LogP contribution in [-0.2, 0) is 78.4 Å². The summed E-state index contributed by atoms with van der Waals surface area (Å²) in [5, 5.41) is 38.2. The van der Waals surface area contributed by atoms with Crippen LogP contribution in [0.25, 0.3) is 21.8 Å². The molecule has 27 heteroatoms. The maximum absolute atomic E-state index is 15.5. The number of phenolic OH excluding ortho intramolecular Hbond substituents is 1. The lowest BCUT2D eigenvalue weighted by molar-refractivity contribution is -0.141. The second-order valence-electron chi connectivity index (χ2n) is 26.4. The van der Waals surface area contributed by atoms with Crippen LogP contribution in [0.4, 0.5) is 0 Å². The molecule has 526 valence electrons. The van der Waals surface area contributed by atoms with E-state index >= 15 is 19.2 Å². The van der Waals surface area contributed by atoms with E-state index in [4.69, 9.17) is 11.5 Å². The summed E-state index contributed by atoms with van der Waals surface area (Å²) in [6, 6.07) is 9.67. The molecule has 3 aromatic carbocycles. The number of amides is 8. The van der Waals surface area contributed by atoms with Gasteiger partial charge in [0.1, 0.15) is 47.3 Å². The van der Waals surface area contributed by atoms with E-state index in [0.717, 1.165) is 12.8 Å². The first-order valence-corrected chi connectivity index (χ1v) is 33.4. The van der Waals surface area contributed by atoms with Crippen LogP contribution in [-0.4, -0.2) is 149 Å². The van der Waals surface area contributed by atoms with Crippen LogP contribution in [0.15, 0.2) is 110 Å². The molecule has 0 saturated heterocycles. The van der Waals surface area contributed by atoms with Gasteiger partial charge < -0.3 is 68.5 Å². The Morgan fingerprint density at radius 1 is 0.633 bits per heavy atom. The number of nitrogens with zero attached hydrogens (tertiary/aromatic N) is 1. The number of aromatic nitrogens is 4. The standard InChI is InChI=1S/C71H94N14O13/c1-42(2)31-54-62(91)61(90)53(27-28-60(72)89)78-65(94)56(33-45-37-75-51-21-15-13-19-49(45)51)81-66(95)57(34-46-38-76-52-22-16-14-20-50(46)52)80-64(93)55(32-44-23-25-48(88)26-24-44)79-67(96)58(35-47-39-74-41-77-47)82-68(97)70(4,36-43(3)87)29-17-11-9-7-6-8-10-12-18-30-71(5,85-84-54)69(98)83-59(40-86)63(73)92/h8,10,13-16,19-26,37-39,41-42,53-59,75-76,84-86,88H,6-7,9,11-12,17-18,27-36,40H2,1-5H3,(H2,72,89)(H2,73,92)(H,74,77)(H,78,94)(H,79,96)(H,80,93)(H,81,95)(H,82,97)(H,83,98)/t53-,54-,55-,56-,57-,58-,59-,70-,71-/m0/s1. The number of aromatic amines is 3. The van der Waals surface area contributed by atoms with Crippen molar-refractivity contribution in [1.29, 1.82) is 0 Å². The SMILES string of the molecule is CC(=O)C[C@]1(C)CCCCCCC=CCCC[C@@](C)(C(=O)N[C@@H](CO)C(N)=O)NN[C@@H](CC(C)C)C(=O)C(=O)[C@H](CCC(N)=O)NC(=O)[C@H](Cc2c[nH]c3ccccc23)NC(=O)[C@H](Cc2c[nH]c3ccccc23)NC(=O)[C@H](Cc2ccc(O)cc2)NC(=O)[C@H](Cc2cnc[nH]2)NC1=O. The molecule has 8 amide bonds. The summed E-state index contributed by atoms with van der Waals surface area (Å²) in [4.78, 5) is 171. The van der Waals surface area contributed by atoms with Gasteiger partial charge in [-0.2, -0.15) is 0 Å². The van der Waals surface area contributed by atoms with Crippen molar-refractivity contribution in [3.8, 4) is 5.75 Å². The van der Waals surface area contributed by atoms with Crippen molar-refractivity contribution in [1.82, 2.24) is 62.7 Å². The fourth-order valence-electron chi connectivity index (χ4n) is 12.2. The molecule has 0 unspecified atom stereocenters. The number of phenols is 1. The Kier molecular flexibility index (Phi) is 27.7. The van der Waals surface area contributed by atoms with E-state index in [0.29, 0.717) is 76.3 Å². The van der Waals surface area contributed by atoms with Crippen molar-refractivity contribution in [2.24, 2.45) is 22.8 Å². The first-order valence-electron chi connectivity index (χ1n) is 33.4. The van der Waals surface area contributed by atoms with E-state index in [-0.39, 0.29) is 68.8 Å². The van der Waals surface area contributed by atoms with E-state index in [9.17, 15) is 43.8 Å². The maximum Gasteiger partial charge on any atom is 0.243 e. The highest BCUT2D eigenvalue weighted by molar-refractivity contribution is 6.41. The number of para-hydroxylation sites is 2. The lowest BCUT2D eigenvalue weighted by atomic mass is 9.79. The summed E-state index contributed by atoms with van der Waals surface area (Å²) in [7, 11) is 0. The zero-order chi connectivity index (χ0) is 71.1. The van der Waals surface area contributed by atoms with E-state index < -0.39 is 132 Å². The summed E-state index contributed by atoms with van der Waals surface area (Å²) in [5.74, 6) is -9.64. The molecule has 1 aliphatic heterocycles. The van der Waals surface area contributed by atoms with Crippen molar-refractivity contribution in [3.05, 3.63) is 132 Å². The number of fused-ring (bicyclic) bond motifs is 2. The number of Topliss-reactive ketones (excluding diaryl/α,β-unsaturated/α-hetero) is 3. The molecule has 0 saturated carbocycles. The third-order valence-corrected chi connectivity index (χ3v) is 17.8. The van der Waals surface area contributed by atoms with Crippen LogP contribution in [0.2, 0.25) is 0 Å². The molecule has 7 rings (SSSR count). The molecule has 27 nitrogen and oxygen atoms in total. The van der Waals surface area contributed by atoms with Gasteiger partial charge in [0.25, 0.3) is 0 Å². The van der Waals surface area contributed by atoms with Gasteiger partial charge in [0, 0.05) is 84.6 Å². The minimum Gasteiger partial charge on any atom is -0.508 e. The third kappa shape index (κ3) is 21.8. The minimum atomic E-state index is -1.74. The van der Waals surface area contributed by atoms with Gasteiger partial charge in [0.2, 0.25) is 58.8 Å². The number of rotatable bonds is 19. The smallest absolute Gasteiger partial charge is 0.243 e. The van der Waals surface area contributed by atoms with E-state index in [2.05, 4.69) is 62.7 Å². The van der Waals surface area contributed by atoms with Crippen molar-refractivity contribution in [2.75, 3.05) is 6.61 Å². The number of ketones is 3. The number of benzene rings is 3. The first-order chi connectivity index (χ1) is 46.8. The molecular formula is C71H94N14O13. The molecule has 0 spiro atoms. The average Bonchev–Trinajstić information content (AvgIpc) is 1.52. The normalized spacial score (nSPS) is 23.4. The van der Waals surface area contributed by atoms with Gasteiger partial charge in [-0.15, -0.1) is 0 Å². The molecule has 0 fully saturated rings. The third-order valence-electron chi connectivity index (χ3n) is 17.8. The quantitative estimate of drug-likeness (QED) is 0.0408. The molecule has 0 bridgehead atoms. The number of hydrogen-bond donors (Lipinski definition) is 15. The number of allylic oxidation sites excluding steroid dienone is 2. The number of carbonyl (C=O) groups is 11. The molecule has 0 aliphatic carbocycles. The monoisotopic (exact) mass is 1350 g/mol. The minimum absolute atomic E-state index is 0.00415. The summed E-state index contributed by atoms with van der Waals surface area (Å²) in [5.41, 5.74) is 17.5. The summed E-state index contributed by atoms with van der Waals surface area (Å²) in [6.45, 7) is 7.34. The summed E-state index contributed by atoms with van der Waals surface area (Å²) in [6.07, 6.45) is 12.9. The largest absolute Gasteiger partial charge is 0.508 e. The van der Waals surface area contributed by atoms with Gasteiger partial charge in [-0.1, -0.05) is 101 Å². The van der Waals surface area contributed by atoms with Crippen LogP contribution in [0.1, 0.15) is 140 Å². The molecule has 98 heavy (non-hydrogen) atoms. The number of hydrazine groups is 1. The number of nitrogens with two attached hydrogens (primary N) is 2. The van der Waals surface area contributed by atoms with Gasteiger partial charge in [-0.25, -0.2) is 15.8 Å². The number of carbonyl (C=O) groups excluding carboxylic acids is 11. The van der Waals surface area contributed by atoms with Crippen molar-refractivity contribution >= 4 is 86.4 Å². The number of aromatic hydroxyl groups is 1. The Morgan fingerprint density at radius 2 is 1.16 bits per heavy atom. The molecule has 17 N–H and O–H groups in total. The lowest BCUT2D eigenvalue weighted by Crippen LogP contribution is -2.65. The van der Waals surface area contributed by atoms with Crippen LogP contribution in [0, 0.1) is 11.3 Å². The van der Waals surface area contributed by atoms with Crippen LogP contribution in [0.3, 0.4) is 0 Å². The first kappa shape index (κ1) is 75.5. The van der Waals surface area contributed by atoms with Gasteiger partial charge in [-0.05, 0) is 112 Å². The fourth-order valence-corrected chi connectivity index (χ4v) is 12.2. The zero-order valence-corrected chi connectivity index (χ0v) is 56.2. The van der Waals surface area contributed by atoms with Crippen molar-refractivity contribution in [2.45, 2.75) is 192 Å². The topological polar surface area (TPSA) is 437 Å². The number of H-pyrrole nitrogens is 3. The Labute approximate surface area is 568 Å². The number of hydrogen-bond acceptors (Lipinski definition) is 16. The second-order valence-corrected chi connectivity index (χ2v) is 26.4. The van der Waals surface area contributed by atoms with Crippen molar-refractivity contribution < 1.29 is 63.0 Å². The zero-order valence-electron chi connectivity index (χ0n) is 56.2. The molecule has 3 aromatic heterocycles. The Hall–Kier alpha value is -9.86. The summed E-state index contributed by atoms with van der Waals surface area (Å²) >= 11 is 0. The van der Waals surface area contributed by atoms with E-state index in [1.54, 1.807) is 75.6 Å². The molecule has 4 heterocycles. The predicted octanol–water partition coefficient (Wildman–Crippen LogP) is 3.47. The van der Waals surface area contributed by atoms with Crippen molar-refractivity contribution in [3.63, 3.8) is 0 Å². The summed E-state index contributed by atoms with van der Waals surface area (Å²) < 4.78 is 0. The van der Waals surface area contributed by atoms with Gasteiger partial charge >= 0.3 is 0 Å². The Morgan fingerprint density at radius 3 is 1.69 bits per heavy atom. The molecule has 0 radical (unpaired) electrons. The maximum atomic E-state index is 15.5. The predicted molar refractivity (Wildman–Crippen MR) is 366 cm³/mol. The number of imidazole rings is 1. The van der Waals surface area contributed by atoms with E-state index in [1.165, 1.54) is 38.5 Å². The highest BCUT2D eigenvalue weighted by atomic mass is 16.3. The highest BCUT2D eigenvalue weighted by Crippen LogP contribution is 2.31. The Bertz CT molecular complexity index is 3790. The number of aliphatic hydroxyl groups excluding tert-OH is 1. The highest BCUT2D eigenvalue weighted by Gasteiger charge is 2.41. The molecular weight excluding hydrogens is 1260 g/mol. The van der Waals surface area contributed by atoms with Gasteiger partial charge in [0.05, 0.1) is 30.4 Å². The molecule has 9 atom stereocenters. The second kappa shape index (κ2) is 35.9. The Balaban J connectivity index is 1.32. The molecule has 1 aliphatic rings. The average molecular weight is 1350 g/mol. The van der Waals surface area contributed by atoms with Crippen LogP contribution in [0.5, 0.6) is 5.75 Å². The fraction of sp³-hybridized carbons (Fsp3) is 0.465. The number of aliphatic hydroxyl groups is 1. The van der Waals surface area contributed by atoms with Crippen LogP contribution >= 0.6 is 0 Å². The van der Waals surface area contributed by atoms with Gasteiger partial charge in [-0.3, -0.25) is 52.7 Å². The lowest BCUT2D eigenvalue weighted by Gasteiger charge is -2.33. The van der Waals surface area contributed by atoms with Crippen LogP contribution < -0.4 is 54.2 Å².